The van der Waals surface area contributed by atoms with Crippen LogP contribution in [0.5, 0.6) is 0 Å². The summed E-state index contributed by atoms with van der Waals surface area (Å²) >= 11 is 6.01. The first-order chi connectivity index (χ1) is 9.65. The molecule has 20 heavy (non-hydrogen) atoms. The van der Waals surface area contributed by atoms with Crippen LogP contribution in [0.15, 0.2) is 47.5 Å². The van der Waals surface area contributed by atoms with E-state index in [9.17, 15) is 10.1 Å². The Morgan fingerprint density at radius 1 is 1.15 bits per heavy atom. The molecule has 0 aromatic heterocycles. The van der Waals surface area contributed by atoms with Gasteiger partial charge in [0.15, 0.2) is 0 Å². The minimum Gasteiger partial charge on any atom is -0.284 e. The van der Waals surface area contributed by atoms with E-state index in [0.29, 0.717) is 11.6 Å². The summed E-state index contributed by atoms with van der Waals surface area (Å²) in [6, 6.07) is 12.2. The van der Waals surface area contributed by atoms with Crippen molar-refractivity contribution in [3.05, 3.63) is 74.3 Å². The first-order valence-electron chi connectivity index (χ1n) is 6.23. The lowest BCUT2D eigenvalue weighted by molar-refractivity contribution is -0.384. The van der Waals surface area contributed by atoms with Gasteiger partial charge in [0, 0.05) is 34.8 Å². The molecule has 0 saturated carbocycles. The van der Waals surface area contributed by atoms with E-state index in [-0.39, 0.29) is 5.69 Å². The highest BCUT2D eigenvalue weighted by molar-refractivity contribution is 6.31. The molecule has 0 radical (unpaired) electrons. The van der Waals surface area contributed by atoms with Gasteiger partial charge in [0.05, 0.1) is 10.6 Å². The molecule has 0 saturated heterocycles. The van der Waals surface area contributed by atoms with Crippen LogP contribution in [0.25, 0.3) is 0 Å². The maximum absolute atomic E-state index is 10.7. The minimum absolute atomic E-state index is 0.0847. The Morgan fingerprint density at radius 3 is 2.60 bits per heavy atom. The molecule has 1 heterocycles. The number of fused-ring (bicyclic) bond motifs is 1. The molecule has 0 aliphatic carbocycles. The summed E-state index contributed by atoms with van der Waals surface area (Å²) in [5, 5.41) is 11.4. The Kier molecular flexibility index (Phi) is 3.24. The van der Waals surface area contributed by atoms with Gasteiger partial charge in [-0.15, -0.1) is 0 Å². The van der Waals surface area contributed by atoms with Crippen molar-refractivity contribution in [1.82, 2.24) is 0 Å². The molecule has 5 heteroatoms. The van der Waals surface area contributed by atoms with Crippen molar-refractivity contribution in [2.45, 2.75) is 6.42 Å². The molecule has 2 aromatic carbocycles. The van der Waals surface area contributed by atoms with E-state index in [2.05, 4.69) is 4.99 Å². The second-order valence-electron chi connectivity index (χ2n) is 4.59. The average Bonchev–Trinajstić information content (AvgIpc) is 2.46. The van der Waals surface area contributed by atoms with Gasteiger partial charge < -0.3 is 0 Å². The van der Waals surface area contributed by atoms with E-state index >= 15 is 0 Å². The van der Waals surface area contributed by atoms with Gasteiger partial charge in [0.25, 0.3) is 5.69 Å². The molecule has 0 N–H and O–H groups in total. The lowest BCUT2D eigenvalue weighted by Crippen LogP contribution is -2.14. The van der Waals surface area contributed by atoms with Crippen molar-refractivity contribution in [3.8, 4) is 0 Å². The maximum Gasteiger partial charge on any atom is 0.269 e. The number of non-ortho nitro benzene ring substituents is 1. The summed E-state index contributed by atoms with van der Waals surface area (Å²) in [6.07, 6.45) is 0.867. The monoisotopic (exact) mass is 286 g/mol. The Morgan fingerprint density at radius 2 is 1.90 bits per heavy atom. The van der Waals surface area contributed by atoms with Gasteiger partial charge in [-0.1, -0.05) is 17.7 Å². The smallest absolute Gasteiger partial charge is 0.269 e. The Labute approximate surface area is 120 Å². The molecule has 0 fully saturated rings. The third kappa shape index (κ3) is 2.30. The van der Waals surface area contributed by atoms with Crippen molar-refractivity contribution in [3.63, 3.8) is 0 Å². The van der Waals surface area contributed by atoms with Crippen LogP contribution in [-0.2, 0) is 6.42 Å². The Bertz CT molecular complexity index is 708. The number of hydrogen-bond donors (Lipinski definition) is 0. The summed E-state index contributed by atoms with van der Waals surface area (Å²) in [7, 11) is 0. The van der Waals surface area contributed by atoms with Gasteiger partial charge in [-0.25, -0.2) is 0 Å². The van der Waals surface area contributed by atoms with Crippen LogP contribution in [0.4, 0.5) is 5.69 Å². The normalized spacial score (nSPS) is 13.6. The molecular formula is C15H11ClN2O2. The first kappa shape index (κ1) is 12.8. The predicted molar refractivity (Wildman–Crippen MR) is 78.8 cm³/mol. The third-order valence-corrected chi connectivity index (χ3v) is 3.56. The van der Waals surface area contributed by atoms with E-state index < -0.39 is 4.92 Å². The van der Waals surface area contributed by atoms with Crippen molar-refractivity contribution >= 4 is 23.0 Å². The molecule has 1 aliphatic heterocycles. The average molecular weight is 287 g/mol. The highest BCUT2D eigenvalue weighted by Crippen LogP contribution is 2.24. The van der Waals surface area contributed by atoms with Crippen LogP contribution in [0.3, 0.4) is 0 Å². The zero-order chi connectivity index (χ0) is 14.1. The summed E-state index contributed by atoms with van der Waals surface area (Å²) < 4.78 is 0. The minimum atomic E-state index is -0.403. The summed E-state index contributed by atoms with van der Waals surface area (Å²) in [6.45, 7) is 0.708. The fraction of sp³-hybridized carbons (Fsp3) is 0.133. The van der Waals surface area contributed by atoms with E-state index in [0.717, 1.165) is 23.3 Å². The number of nitro groups is 1. The van der Waals surface area contributed by atoms with Gasteiger partial charge in [0.1, 0.15) is 0 Å². The Balaban J connectivity index is 2.03. The van der Waals surface area contributed by atoms with Crippen LogP contribution >= 0.6 is 11.6 Å². The van der Waals surface area contributed by atoms with Crippen LogP contribution in [0, 0.1) is 10.1 Å². The Hall–Kier alpha value is -2.20. The van der Waals surface area contributed by atoms with E-state index in [1.54, 1.807) is 12.1 Å². The van der Waals surface area contributed by atoms with Crippen molar-refractivity contribution in [2.75, 3.05) is 6.54 Å². The van der Waals surface area contributed by atoms with E-state index in [4.69, 9.17) is 11.6 Å². The SMILES string of the molecule is O=[N+]([O-])c1ccc(C2=NCCc3cc(Cl)ccc32)cc1. The second kappa shape index (κ2) is 5.06. The lowest BCUT2D eigenvalue weighted by Gasteiger charge is -2.17. The molecule has 100 valence electrons. The largest absolute Gasteiger partial charge is 0.284 e. The fourth-order valence-electron chi connectivity index (χ4n) is 2.36. The van der Waals surface area contributed by atoms with Crippen molar-refractivity contribution in [2.24, 2.45) is 4.99 Å². The molecule has 2 aromatic rings. The number of aliphatic imine (C=N–C) groups is 1. The standard InChI is InChI=1S/C15H11ClN2O2/c16-12-3-6-14-11(9-12)7-8-17-15(14)10-1-4-13(5-2-10)18(19)20/h1-6,9H,7-8H2. The van der Waals surface area contributed by atoms with Crippen LogP contribution < -0.4 is 0 Å². The topological polar surface area (TPSA) is 55.5 Å². The summed E-state index contributed by atoms with van der Waals surface area (Å²) in [4.78, 5) is 14.8. The zero-order valence-electron chi connectivity index (χ0n) is 10.5. The van der Waals surface area contributed by atoms with Gasteiger partial charge >= 0.3 is 0 Å². The first-order valence-corrected chi connectivity index (χ1v) is 6.61. The molecule has 0 atom stereocenters. The van der Waals surface area contributed by atoms with Crippen LogP contribution in [0.2, 0.25) is 5.02 Å². The van der Waals surface area contributed by atoms with Gasteiger partial charge in [-0.3, -0.25) is 15.1 Å². The van der Waals surface area contributed by atoms with Crippen LogP contribution in [0.1, 0.15) is 16.7 Å². The predicted octanol–water partition coefficient (Wildman–Crippen LogP) is 3.64. The van der Waals surface area contributed by atoms with Gasteiger partial charge in [-0.2, -0.15) is 0 Å². The maximum atomic E-state index is 10.7. The molecule has 0 amide bonds. The van der Waals surface area contributed by atoms with E-state index in [1.165, 1.54) is 17.7 Å². The summed E-state index contributed by atoms with van der Waals surface area (Å²) in [5.74, 6) is 0. The van der Waals surface area contributed by atoms with Crippen molar-refractivity contribution in [1.29, 1.82) is 0 Å². The van der Waals surface area contributed by atoms with Crippen LogP contribution in [-0.4, -0.2) is 17.2 Å². The number of benzene rings is 2. The number of halogens is 1. The molecule has 0 unspecified atom stereocenters. The fourth-order valence-corrected chi connectivity index (χ4v) is 2.56. The van der Waals surface area contributed by atoms with Gasteiger partial charge in [0.2, 0.25) is 0 Å². The molecule has 3 rings (SSSR count). The number of nitro benzene ring substituents is 1. The molecular weight excluding hydrogens is 276 g/mol. The van der Waals surface area contributed by atoms with E-state index in [1.807, 2.05) is 18.2 Å². The van der Waals surface area contributed by atoms with Gasteiger partial charge in [-0.05, 0) is 36.2 Å². The highest BCUT2D eigenvalue weighted by atomic mass is 35.5. The zero-order valence-corrected chi connectivity index (χ0v) is 11.3. The molecule has 0 bridgehead atoms. The third-order valence-electron chi connectivity index (χ3n) is 3.33. The number of hydrogen-bond acceptors (Lipinski definition) is 3. The summed E-state index contributed by atoms with van der Waals surface area (Å²) in [5.41, 5.74) is 4.06. The molecule has 1 aliphatic rings. The number of rotatable bonds is 2. The quantitative estimate of drug-likeness (QED) is 0.625. The highest BCUT2D eigenvalue weighted by Gasteiger charge is 2.16. The number of nitrogens with zero attached hydrogens (tertiary/aromatic N) is 2. The molecule has 4 nitrogen and oxygen atoms in total. The lowest BCUT2D eigenvalue weighted by atomic mass is 9.93. The van der Waals surface area contributed by atoms with Crippen molar-refractivity contribution < 1.29 is 4.92 Å². The molecule has 0 spiro atoms. The second-order valence-corrected chi connectivity index (χ2v) is 5.02.